The summed E-state index contributed by atoms with van der Waals surface area (Å²) in [4.78, 5) is 13.6. The van der Waals surface area contributed by atoms with Gasteiger partial charge in [0.1, 0.15) is 6.04 Å². The van der Waals surface area contributed by atoms with Crippen LogP contribution in [0.4, 0.5) is 0 Å². The molecule has 0 amide bonds. The van der Waals surface area contributed by atoms with E-state index in [4.69, 9.17) is 0 Å². The van der Waals surface area contributed by atoms with Crippen LogP contribution in [0.1, 0.15) is 51.9 Å². The fraction of sp³-hybridized carbons (Fsp3) is 0.933. The molecule has 4 heteroatoms. The van der Waals surface area contributed by atoms with E-state index in [1.165, 1.54) is 25.7 Å². The van der Waals surface area contributed by atoms with Crippen molar-refractivity contribution < 1.29 is 9.90 Å². The number of carboxylic acid groups (broad SMARTS) is 1. The van der Waals surface area contributed by atoms with Gasteiger partial charge >= 0.3 is 5.97 Å². The molecular weight excluding hydrogens is 240 g/mol. The lowest BCUT2D eigenvalue weighted by atomic mass is 9.86. The zero-order valence-corrected chi connectivity index (χ0v) is 12.3. The minimum absolute atomic E-state index is 0.365. The van der Waals surface area contributed by atoms with Crippen LogP contribution in [-0.4, -0.2) is 47.7 Å². The van der Waals surface area contributed by atoms with Crippen LogP contribution in [0.5, 0.6) is 0 Å². The van der Waals surface area contributed by atoms with Gasteiger partial charge in [0.15, 0.2) is 0 Å². The Kier molecular flexibility index (Phi) is 5.22. The van der Waals surface area contributed by atoms with E-state index in [-0.39, 0.29) is 6.04 Å². The summed E-state index contributed by atoms with van der Waals surface area (Å²) >= 11 is 0. The molecule has 110 valence electrons. The van der Waals surface area contributed by atoms with Crippen molar-refractivity contribution in [1.29, 1.82) is 0 Å². The van der Waals surface area contributed by atoms with Gasteiger partial charge in [-0.3, -0.25) is 4.79 Å². The third-order valence-electron chi connectivity index (χ3n) is 4.61. The molecule has 4 nitrogen and oxygen atoms in total. The van der Waals surface area contributed by atoms with E-state index in [9.17, 15) is 9.90 Å². The topological polar surface area (TPSA) is 52.6 Å². The molecule has 0 heterocycles. The van der Waals surface area contributed by atoms with Gasteiger partial charge in [-0.2, -0.15) is 0 Å². The molecule has 2 rings (SSSR count). The Morgan fingerprint density at radius 3 is 2.68 bits per heavy atom. The largest absolute Gasteiger partial charge is 0.480 e. The van der Waals surface area contributed by atoms with Crippen molar-refractivity contribution in [2.45, 2.75) is 70.0 Å². The van der Waals surface area contributed by atoms with E-state index in [0.29, 0.717) is 18.5 Å². The molecule has 2 aliphatic carbocycles. The highest BCUT2D eigenvalue weighted by Crippen LogP contribution is 2.27. The Morgan fingerprint density at radius 1 is 1.37 bits per heavy atom. The van der Waals surface area contributed by atoms with Gasteiger partial charge in [0.25, 0.3) is 0 Å². The van der Waals surface area contributed by atoms with Gasteiger partial charge < -0.3 is 15.3 Å². The predicted octanol–water partition coefficient (Wildman–Crippen LogP) is 2.09. The second-order valence-electron chi connectivity index (χ2n) is 6.53. The molecule has 2 fully saturated rings. The molecule has 0 spiro atoms. The Labute approximate surface area is 116 Å². The van der Waals surface area contributed by atoms with Crippen molar-refractivity contribution >= 4 is 5.97 Å². The molecule has 3 unspecified atom stereocenters. The van der Waals surface area contributed by atoms with Crippen LogP contribution >= 0.6 is 0 Å². The fourth-order valence-corrected chi connectivity index (χ4v) is 3.13. The average Bonchev–Trinajstić information content (AvgIpc) is 3.17. The van der Waals surface area contributed by atoms with Crippen molar-refractivity contribution in [2.75, 3.05) is 13.6 Å². The number of hydrogen-bond donors (Lipinski definition) is 2. The second-order valence-corrected chi connectivity index (χ2v) is 6.53. The van der Waals surface area contributed by atoms with Crippen LogP contribution in [0.25, 0.3) is 0 Å². The summed E-state index contributed by atoms with van der Waals surface area (Å²) in [6.07, 6.45) is 8.20. The highest BCUT2D eigenvalue weighted by molar-refractivity contribution is 5.73. The molecule has 0 radical (unpaired) electrons. The third-order valence-corrected chi connectivity index (χ3v) is 4.61. The highest BCUT2D eigenvalue weighted by Gasteiger charge is 2.29. The van der Waals surface area contributed by atoms with Gasteiger partial charge in [-0.1, -0.05) is 19.8 Å². The van der Waals surface area contributed by atoms with Gasteiger partial charge in [0.2, 0.25) is 0 Å². The van der Waals surface area contributed by atoms with Crippen LogP contribution < -0.4 is 5.32 Å². The number of nitrogens with zero attached hydrogens (tertiary/aromatic N) is 1. The number of carbonyl (C=O) groups is 1. The van der Waals surface area contributed by atoms with Crippen LogP contribution in [0, 0.1) is 5.92 Å². The van der Waals surface area contributed by atoms with Gasteiger partial charge in [0, 0.05) is 18.6 Å². The van der Waals surface area contributed by atoms with E-state index < -0.39 is 5.97 Å². The Bertz CT molecular complexity index is 305. The van der Waals surface area contributed by atoms with E-state index in [2.05, 4.69) is 24.2 Å². The number of rotatable bonds is 7. The maximum absolute atomic E-state index is 11.2. The normalized spacial score (nSPS) is 29.4. The lowest BCUT2D eigenvalue weighted by molar-refractivity contribution is -0.139. The Hall–Kier alpha value is -0.610. The summed E-state index contributed by atoms with van der Waals surface area (Å²) in [6.45, 7) is 3.21. The molecule has 2 saturated carbocycles. The first-order valence-corrected chi connectivity index (χ1v) is 7.75. The summed E-state index contributed by atoms with van der Waals surface area (Å²) < 4.78 is 0. The molecule has 0 aromatic heterocycles. The molecule has 19 heavy (non-hydrogen) atoms. The number of nitrogens with one attached hydrogen (secondary N) is 1. The SMILES string of the molecule is CC1CCCC(N(C)CCC(NC2CC2)C(=O)O)C1. The van der Waals surface area contributed by atoms with Crippen molar-refractivity contribution in [1.82, 2.24) is 10.2 Å². The third kappa shape index (κ3) is 4.77. The second kappa shape index (κ2) is 6.71. The van der Waals surface area contributed by atoms with Crippen LogP contribution in [0.15, 0.2) is 0 Å². The summed E-state index contributed by atoms with van der Waals surface area (Å²) in [5, 5.41) is 12.5. The average molecular weight is 268 g/mol. The zero-order chi connectivity index (χ0) is 13.8. The maximum Gasteiger partial charge on any atom is 0.320 e. The molecule has 2 aliphatic rings. The van der Waals surface area contributed by atoms with Gasteiger partial charge in [0.05, 0.1) is 0 Å². The Morgan fingerprint density at radius 2 is 2.11 bits per heavy atom. The number of carboxylic acids is 1. The minimum Gasteiger partial charge on any atom is -0.480 e. The number of aliphatic carboxylic acids is 1. The van der Waals surface area contributed by atoms with E-state index in [1.54, 1.807) is 0 Å². The molecular formula is C15H28N2O2. The van der Waals surface area contributed by atoms with Crippen molar-refractivity contribution in [3.8, 4) is 0 Å². The summed E-state index contributed by atoms with van der Waals surface area (Å²) in [5.74, 6) is 0.123. The van der Waals surface area contributed by atoms with Crippen molar-refractivity contribution in [2.24, 2.45) is 5.92 Å². The van der Waals surface area contributed by atoms with Crippen LogP contribution in [0.3, 0.4) is 0 Å². The first kappa shape index (κ1) is 14.8. The summed E-state index contributed by atoms with van der Waals surface area (Å²) in [7, 11) is 2.15. The van der Waals surface area contributed by atoms with Crippen molar-refractivity contribution in [3.05, 3.63) is 0 Å². The molecule has 0 bridgehead atoms. The molecule has 0 aromatic rings. The van der Waals surface area contributed by atoms with Crippen molar-refractivity contribution in [3.63, 3.8) is 0 Å². The van der Waals surface area contributed by atoms with Gasteiger partial charge in [-0.05, 0) is 45.1 Å². The maximum atomic E-state index is 11.2. The van der Waals surface area contributed by atoms with Gasteiger partial charge in [-0.25, -0.2) is 0 Å². The first-order valence-electron chi connectivity index (χ1n) is 7.75. The first-order chi connectivity index (χ1) is 9.06. The summed E-state index contributed by atoms with van der Waals surface area (Å²) in [5.41, 5.74) is 0. The number of hydrogen-bond acceptors (Lipinski definition) is 3. The Balaban J connectivity index is 1.73. The lowest BCUT2D eigenvalue weighted by Crippen LogP contribution is -2.43. The van der Waals surface area contributed by atoms with Crippen LogP contribution in [-0.2, 0) is 4.79 Å². The van der Waals surface area contributed by atoms with Gasteiger partial charge in [-0.15, -0.1) is 0 Å². The quantitative estimate of drug-likeness (QED) is 0.742. The molecule has 0 aromatic carbocycles. The molecule has 2 N–H and O–H groups in total. The highest BCUT2D eigenvalue weighted by atomic mass is 16.4. The standard InChI is InChI=1S/C15H28N2O2/c1-11-4-3-5-13(10-11)17(2)9-8-14(15(18)19)16-12-6-7-12/h11-14,16H,3-10H2,1-2H3,(H,18,19). The summed E-state index contributed by atoms with van der Waals surface area (Å²) in [6, 6.07) is 0.746. The monoisotopic (exact) mass is 268 g/mol. The lowest BCUT2D eigenvalue weighted by Gasteiger charge is -2.34. The molecule has 0 saturated heterocycles. The van der Waals surface area contributed by atoms with E-state index >= 15 is 0 Å². The van der Waals surface area contributed by atoms with Crippen LogP contribution in [0.2, 0.25) is 0 Å². The minimum atomic E-state index is -0.697. The smallest absolute Gasteiger partial charge is 0.320 e. The predicted molar refractivity (Wildman–Crippen MR) is 76.2 cm³/mol. The van der Waals surface area contributed by atoms with E-state index in [0.717, 1.165) is 25.3 Å². The molecule has 0 aliphatic heterocycles. The fourth-order valence-electron chi connectivity index (χ4n) is 3.13. The van der Waals surface area contributed by atoms with E-state index in [1.807, 2.05) is 0 Å². The zero-order valence-electron chi connectivity index (χ0n) is 12.3. The molecule has 3 atom stereocenters.